The van der Waals surface area contributed by atoms with Gasteiger partial charge in [0.05, 0.1) is 19.8 Å². The van der Waals surface area contributed by atoms with Crippen molar-refractivity contribution in [3.8, 4) is 0 Å². The number of benzene rings is 1. The monoisotopic (exact) mass is 265 g/mol. The average Bonchev–Trinajstić information content (AvgIpc) is 2.37. The minimum absolute atomic E-state index is 0.0871. The molecule has 0 aliphatic rings. The molecule has 0 fully saturated rings. The van der Waals surface area contributed by atoms with Crippen LogP contribution in [0.5, 0.6) is 0 Å². The third kappa shape index (κ3) is 5.72. The molecular formula is C16H27NO2. The third-order valence-electron chi connectivity index (χ3n) is 3.21. The van der Waals surface area contributed by atoms with Gasteiger partial charge in [0.2, 0.25) is 0 Å². The van der Waals surface area contributed by atoms with Crippen LogP contribution < -0.4 is 5.32 Å². The second kappa shape index (κ2) is 7.63. The van der Waals surface area contributed by atoms with E-state index in [1.54, 1.807) is 0 Å². The summed E-state index contributed by atoms with van der Waals surface area (Å²) in [6.45, 7) is 10.7. The standard InChI is InChI=1S/C16H27NO2/c1-13(17-9-11-19-12-10-18)14-5-7-15(8-6-14)16(2,3)4/h5-8,13,17-18H,9-12H2,1-4H3. The molecule has 0 saturated carbocycles. The van der Waals surface area contributed by atoms with E-state index in [9.17, 15) is 0 Å². The van der Waals surface area contributed by atoms with Crippen LogP contribution in [0.2, 0.25) is 0 Å². The zero-order valence-corrected chi connectivity index (χ0v) is 12.6. The molecule has 108 valence electrons. The van der Waals surface area contributed by atoms with E-state index in [0.717, 1.165) is 6.54 Å². The van der Waals surface area contributed by atoms with Crippen molar-refractivity contribution in [1.82, 2.24) is 5.32 Å². The highest BCUT2D eigenvalue weighted by molar-refractivity contribution is 5.28. The molecule has 3 nitrogen and oxygen atoms in total. The summed E-state index contributed by atoms with van der Waals surface area (Å²) in [6.07, 6.45) is 0. The molecule has 3 heteroatoms. The van der Waals surface area contributed by atoms with Crippen LogP contribution in [0.3, 0.4) is 0 Å². The molecule has 0 heterocycles. The first-order valence-electron chi connectivity index (χ1n) is 6.97. The van der Waals surface area contributed by atoms with Crippen molar-refractivity contribution in [3.63, 3.8) is 0 Å². The Bertz CT molecular complexity index is 354. The second-order valence-electron chi connectivity index (χ2n) is 5.88. The molecule has 0 radical (unpaired) electrons. The van der Waals surface area contributed by atoms with Gasteiger partial charge in [0.25, 0.3) is 0 Å². The maximum atomic E-state index is 8.60. The number of aliphatic hydroxyl groups is 1. The van der Waals surface area contributed by atoms with E-state index in [0.29, 0.717) is 19.3 Å². The van der Waals surface area contributed by atoms with Crippen LogP contribution in [0.4, 0.5) is 0 Å². The summed E-state index contributed by atoms with van der Waals surface area (Å²) in [5.74, 6) is 0. The highest BCUT2D eigenvalue weighted by Gasteiger charge is 2.13. The zero-order valence-electron chi connectivity index (χ0n) is 12.6. The van der Waals surface area contributed by atoms with Crippen molar-refractivity contribution in [2.45, 2.75) is 39.2 Å². The summed E-state index contributed by atoms with van der Waals surface area (Å²) in [7, 11) is 0. The molecule has 0 aliphatic carbocycles. The largest absolute Gasteiger partial charge is 0.394 e. The third-order valence-corrected chi connectivity index (χ3v) is 3.21. The minimum Gasteiger partial charge on any atom is -0.394 e. The lowest BCUT2D eigenvalue weighted by Gasteiger charge is -2.20. The van der Waals surface area contributed by atoms with Gasteiger partial charge in [-0.25, -0.2) is 0 Å². The van der Waals surface area contributed by atoms with Crippen LogP contribution in [0.1, 0.15) is 44.9 Å². The Labute approximate surface area is 117 Å². The van der Waals surface area contributed by atoms with Gasteiger partial charge in [-0.2, -0.15) is 0 Å². The van der Waals surface area contributed by atoms with Crippen molar-refractivity contribution >= 4 is 0 Å². The smallest absolute Gasteiger partial charge is 0.0698 e. The van der Waals surface area contributed by atoms with Gasteiger partial charge in [0.15, 0.2) is 0 Å². The number of nitrogens with one attached hydrogen (secondary N) is 1. The maximum Gasteiger partial charge on any atom is 0.0698 e. The van der Waals surface area contributed by atoms with Crippen molar-refractivity contribution < 1.29 is 9.84 Å². The fourth-order valence-corrected chi connectivity index (χ4v) is 1.90. The van der Waals surface area contributed by atoms with E-state index in [1.165, 1.54) is 11.1 Å². The molecular weight excluding hydrogens is 238 g/mol. The maximum absolute atomic E-state index is 8.60. The molecule has 1 unspecified atom stereocenters. The van der Waals surface area contributed by atoms with E-state index >= 15 is 0 Å². The highest BCUT2D eigenvalue weighted by Crippen LogP contribution is 2.23. The van der Waals surface area contributed by atoms with Crippen LogP contribution in [0.15, 0.2) is 24.3 Å². The van der Waals surface area contributed by atoms with E-state index in [-0.39, 0.29) is 12.0 Å². The number of hydrogen-bond donors (Lipinski definition) is 2. The molecule has 19 heavy (non-hydrogen) atoms. The van der Waals surface area contributed by atoms with Gasteiger partial charge in [-0.15, -0.1) is 0 Å². The van der Waals surface area contributed by atoms with Gasteiger partial charge in [0.1, 0.15) is 0 Å². The van der Waals surface area contributed by atoms with Gasteiger partial charge in [0, 0.05) is 12.6 Å². The summed E-state index contributed by atoms with van der Waals surface area (Å²) in [4.78, 5) is 0. The van der Waals surface area contributed by atoms with Gasteiger partial charge in [-0.3, -0.25) is 0 Å². The fraction of sp³-hybridized carbons (Fsp3) is 0.625. The first-order valence-corrected chi connectivity index (χ1v) is 6.97. The highest BCUT2D eigenvalue weighted by atomic mass is 16.5. The van der Waals surface area contributed by atoms with Gasteiger partial charge >= 0.3 is 0 Å². The van der Waals surface area contributed by atoms with Crippen LogP contribution in [-0.2, 0) is 10.2 Å². The Morgan fingerprint density at radius 2 is 1.79 bits per heavy atom. The van der Waals surface area contributed by atoms with Crippen molar-refractivity contribution in [1.29, 1.82) is 0 Å². The molecule has 1 aromatic carbocycles. The summed E-state index contributed by atoms with van der Waals surface area (Å²) in [5.41, 5.74) is 2.85. The molecule has 1 atom stereocenters. The number of aliphatic hydroxyl groups excluding tert-OH is 1. The lowest BCUT2D eigenvalue weighted by atomic mass is 9.86. The van der Waals surface area contributed by atoms with Crippen LogP contribution in [-0.4, -0.2) is 31.5 Å². The quantitative estimate of drug-likeness (QED) is 0.745. The molecule has 0 amide bonds. The summed E-state index contributed by atoms with van der Waals surface area (Å²) in [5, 5.41) is 12.0. The molecule has 2 N–H and O–H groups in total. The van der Waals surface area contributed by atoms with Crippen molar-refractivity contribution in [3.05, 3.63) is 35.4 Å². The normalized spacial score (nSPS) is 13.5. The predicted molar refractivity (Wildman–Crippen MR) is 79.5 cm³/mol. The first-order chi connectivity index (χ1) is 8.95. The van der Waals surface area contributed by atoms with Crippen LogP contribution >= 0.6 is 0 Å². The van der Waals surface area contributed by atoms with Gasteiger partial charge in [-0.05, 0) is 23.5 Å². The second-order valence-corrected chi connectivity index (χ2v) is 5.88. The Morgan fingerprint density at radius 3 is 2.32 bits per heavy atom. The number of ether oxygens (including phenoxy) is 1. The summed E-state index contributed by atoms with van der Waals surface area (Å²) in [6, 6.07) is 9.09. The van der Waals surface area contributed by atoms with E-state index in [2.05, 4.69) is 57.3 Å². The fourth-order valence-electron chi connectivity index (χ4n) is 1.90. The van der Waals surface area contributed by atoms with Crippen LogP contribution in [0, 0.1) is 0 Å². The van der Waals surface area contributed by atoms with Crippen molar-refractivity contribution in [2.24, 2.45) is 0 Å². The molecule has 0 bridgehead atoms. The van der Waals surface area contributed by atoms with Gasteiger partial charge in [-0.1, -0.05) is 45.0 Å². The Hall–Kier alpha value is -0.900. The molecule has 0 saturated heterocycles. The van der Waals surface area contributed by atoms with Gasteiger partial charge < -0.3 is 15.2 Å². The number of rotatable bonds is 7. The lowest BCUT2D eigenvalue weighted by molar-refractivity contribution is 0.0928. The zero-order chi connectivity index (χ0) is 14.3. The Balaban J connectivity index is 2.42. The minimum atomic E-state index is 0.0871. The molecule has 0 aromatic heterocycles. The SMILES string of the molecule is CC(NCCOCCO)c1ccc(C(C)(C)C)cc1. The van der Waals surface area contributed by atoms with E-state index < -0.39 is 0 Å². The molecule has 1 aromatic rings. The summed E-state index contributed by atoms with van der Waals surface area (Å²) >= 11 is 0. The molecule has 1 rings (SSSR count). The summed E-state index contributed by atoms with van der Waals surface area (Å²) < 4.78 is 5.22. The molecule has 0 aliphatic heterocycles. The first kappa shape index (κ1) is 16.2. The topological polar surface area (TPSA) is 41.5 Å². The number of hydrogen-bond acceptors (Lipinski definition) is 3. The lowest BCUT2D eigenvalue weighted by Crippen LogP contribution is -2.24. The molecule has 0 spiro atoms. The van der Waals surface area contributed by atoms with E-state index in [4.69, 9.17) is 9.84 Å². The Kier molecular flexibility index (Phi) is 6.49. The Morgan fingerprint density at radius 1 is 1.16 bits per heavy atom. The van der Waals surface area contributed by atoms with Crippen LogP contribution in [0.25, 0.3) is 0 Å². The van der Waals surface area contributed by atoms with E-state index in [1.807, 2.05) is 0 Å². The predicted octanol–water partition coefficient (Wildman–Crippen LogP) is 2.64. The average molecular weight is 265 g/mol. The van der Waals surface area contributed by atoms with Crippen molar-refractivity contribution in [2.75, 3.05) is 26.4 Å².